The zero-order valence-electron chi connectivity index (χ0n) is 20.4. The Hall–Kier alpha value is -0.530. The number of carbonyl (C=O) groups is 1. The third-order valence-electron chi connectivity index (χ3n) is 6.34. The van der Waals surface area contributed by atoms with Gasteiger partial charge in [0.25, 0.3) is 0 Å². The Balaban J connectivity index is 3.46. The monoisotopic (exact) mass is 410 g/mol. The van der Waals surface area contributed by atoms with Crippen molar-refractivity contribution in [2.45, 2.75) is 156 Å². The van der Waals surface area contributed by atoms with Crippen molar-refractivity contribution in [2.75, 3.05) is 0 Å². The molecule has 1 atom stereocenters. The lowest BCUT2D eigenvalue weighted by Crippen LogP contribution is -2.13. The number of aliphatic carboxylic acids is 1. The van der Waals surface area contributed by atoms with Crippen molar-refractivity contribution in [3.05, 3.63) is 0 Å². The molecule has 0 heterocycles. The van der Waals surface area contributed by atoms with Gasteiger partial charge in [-0.2, -0.15) is 0 Å². The van der Waals surface area contributed by atoms with Gasteiger partial charge >= 0.3 is 5.97 Å². The molecule has 0 radical (unpaired) electrons. The second-order valence-electron chi connectivity index (χ2n) is 9.81. The molecule has 0 aliphatic heterocycles. The first-order valence-electron chi connectivity index (χ1n) is 13.3. The summed E-state index contributed by atoms with van der Waals surface area (Å²) in [5.74, 6) is 0.184. The van der Waals surface area contributed by atoms with Crippen LogP contribution in [0.1, 0.15) is 156 Å². The van der Waals surface area contributed by atoms with Crippen LogP contribution in [-0.2, 0) is 4.79 Å². The normalized spacial score (nSPS) is 12.6. The standard InChI is InChI=1S/C27H54O2/c1-4-5-6-7-8-9-10-14-17-20-23-26(27(28)29)24-21-18-15-12-11-13-16-19-22-25(2)3/h25-26H,4-24H2,1-3H3,(H,28,29). The molecule has 0 saturated carbocycles. The van der Waals surface area contributed by atoms with Crippen molar-refractivity contribution in [3.63, 3.8) is 0 Å². The van der Waals surface area contributed by atoms with Gasteiger partial charge in [-0.05, 0) is 18.8 Å². The number of hydrogen-bond donors (Lipinski definition) is 1. The Morgan fingerprint density at radius 2 is 0.862 bits per heavy atom. The lowest BCUT2D eigenvalue weighted by molar-refractivity contribution is -0.142. The van der Waals surface area contributed by atoms with E-state index in [9.17, 15) is 9.90 Å². The van der Waals surface area contributed by atoms with Gasteiger partial charge in [0.1, 0.15) is 0 Å². The van der Waals surface area contributed by atoms with Crippen molar-refractivity contribution in [1.29, 1.82) is 0 Å². The van der Waals surface area contributed by atoms with Gasteiger partial charge < -0.3 is 5.11 Å². The SMILES string of the molecule is CCCCCCCCCCCCC(CCCCCCCCCCC(C)C)C(=O)O. The first kappa shape index (κ1) is 28.5. The van der Waals surface area contributed by atoms with E-state index in [1.54, 1.807) is 0 Å². The molecule has 0 aromatic heterocycles. The molecule has 1 N–H and O–H groups in total. The Morgan fingerprint density at radius 1 is 0.552 bits per heavy atom. The Bertz CT molecular complexity index is 337. The van der Waals surface area contributed by atoms with Crippen LogP contribution in [0.15, 0.2) is 0 Å². The molecule has 0 amide bonds. The van der Waals surface area contributed by atoms with Crippen molar-refractivity contribution in [1.82, 2.24) is 0 Å². The van der Waals surface area contributed by atoms with E-state index in [0.717, 1.165) is 31.6 Å². The van der Waals surface area contributed by atoms with Crippen LogP contribution in [0.25, 0.3) is 0 Å². The molecule has 0 aliphatic carbocycles. The molecule has 1 unspecified atom stereocenters. The van der Waals surface area contributed by atoms with Crippen molar-refractivity contribution >= 4 is 5.97 Å². The summed E-state index contributed by atoms with van der Waals surface area (Å²) in [6.45, 7) is 6.88. The quantitative estimate of drug-likeness (QED) is 0.170. The minimum absolute atomic E-state index is 0.0972. The van der Waals surface area contributed by atoms with Crippen molar-refractivity contribution in [3.8, 4) is 0 Å². The maximum atomic E-state index is 11.5. The van der Waals surface area contributed by atoms with Gasteiger partial charge in [-0.1, -0.05) is 143 Å². The van der Waals surface area contributed by atoms with Crippen LogP contribution in [-0.4, -0.2) is 11.1 Å². The van der Waals surface area contributed by atoms with Crippen molar-refractivity contribution in [2.24, 2.45) is 11.8 Å². The minimum atomic E-state index is -0.564. The van der Waals surface area contributed by atoms with Crippen LogP contribution in [0.4, 0.5) is 0 Å². The van der Waals surface area contributed by atoms with E-state index < -0.39 is 5.97 Å². The van der Waals surface area contributed by atoms with E-state index in [4.69, 9.17) is 0 Å². The van der Waals surface area contributed by atoms with E-state index in [1.807, 2.05) is 0 Å². The van der Waals surface area contributed by atoms with Gasteiger partial charge in [-0.3, -0.25) is 4.79 Å². The third-order valence-corrected chi connectivity index (χ3v) is 6.34. The van der Waals surface area contributed by atoms with Gasteiger partial charge in [0, 0.05) is 0 Å². The van der Waals surface area contributed by atoms with Gasteiger partial charge in [0.05, 0.1) is 5.92 Å². The van der Waals surface area contributed by atoms with Gasteiger partial charge in [0.15, 0.2) is 0 Å². The van der Waals surface area contributed by atoms with E-state index in [0.29, 0.717) is 0 Å². The fourth-order valence-corrected chi connectivity index (χ4v) is 4.27. The maximum Gasteiger partial charge on any atom is 0.306 e. The lowest BCUT2D eigenvalue weighted by atomic mass is 9.94. The zero-order valence-corrected chi connectivity index (χ0v) is 20.4. The summed E-state index contributed by atoms with van der Waals surface area (Å²) >= 11 is 0. The average Bonchev–Trinajstić information content (AvgIpc) is 2.68. The number of carboxylic acid groups (broad SMARTS) is 1. The van der Waals surface area contributed by atoms with Crippen LogP contribution in [0.2, 0.25) is 0 Å². The number of hydrogen-bond acceptors (Lipinski definition) is 1. The first-order valence-corrected chi connectivity index (χ1v) is 13.3. The maximum absolute atomic E-state index is 11.5. The summed E-state index contributed by atoms with van der Waals surface area (Å²) in [4.78, 5) is 11.5. The highest BCUT2D eigenvalue weighted by Gasteiger charge is 2.16. The van der Waals surface area contributed by atoms with Gasteiger partial charge in [0.2, 0.25) is 0 Å². The van der Waals surface area contributed by atoms with Gasteiger partial charge in [-0.15, -0.1) is 0 Å². The topological polar surface area (TPSA) is 37.3 Å². The molecular weight excluding hydrogens is 356 g/mol. The lowest BCUT2D eigenvalue weighted by Gasteiger charge is -2.12. The van der Waals surface area contributed by atoms with E-state index in [1.165, 1.54) is 109 Å². The molecule has 0 fully saturated rings. The summed E-state index contributed by atoms with van der Waals surface area (Å²) in [6, 6.07) is 0. The highest BCUT2D eigenvalue weighted by atomic mass is 16.4. The Kier molecular flexibility index (Phi) is 21.8. The van der Waals surface area contributed by atoms with E-state index in [-0.39, 0.29) is 5.92 Å². The average molecular weight is 411 g/mol. The van der Waals surface area contributed by atoms with Crippen LogP contribution in [0.3, 0.4) is 0 Å². The third kappa shape index (κ3) is 22.0. The summed E-state index contributed by atoms with van der Waals surface area (Å²) in [7, 11) is 0. The fourth-order valence-electron chi connectivity index (χ4n) is 4.27. The molecule has 0 aromatic carbocycles. The highest BCUT2D eigenvalue weighted by Crippen LogP contribution is 2.20. The predicted octanol–water partition coefficient (Wildman–Crippen LogP) is 9.56. The summed E-state index contributed by atoms with van der Waals surface area (Å²) in [5, 5.41) is 9.48. The number of rotatable bonds is 23. The van der Waals surface area contributed by atoms with Crippen LogP contribution in [0.5, 0.6) is 0 Å². The zero-order chi connectivity index (χ0) is 21.6. The molecule has 0 aromatic rings. The first-order chi connectivity index (χ1) is 14.1. The number of carboxylic acids is 1. The largest absolute Gasteiger partial charge is 0.481 e. The van der Waals surface area contributed by atoms with E-state index in [2.05, 4.69) is 20.8 Å². The smallest absolute Gasteiger partial charge is 0.306 e. The summed E-state index contributed by atoms with van der Waals surface area (Å²) in [5.41, 5.74) is 0. The molecule has 2 nitrogen and oxygen atoms in total. The second-order valence-corrected chi connectivity index (χ2v) is 9.81. The number of unbranched alkanes of at least 4 members (excludes halogenated alkanes) is 16. The Morgan fingerprint density at radius 3 is 1.17 bits per heavy atom. The molecule has 0 rings (SSSR count). The molecule has 0 saturated heterocycles. The minimum Gasteiger partial charge on any atom is -0.481 e. The second kappa shape index (κ2) is 22.2. The molecule has 174 valence electrons. The van der Waals surface area contributed by atoms with E-state index >= 15 is 0 Å². The molecule has 0 spiro atoms. The molecular formula is C27H54O2. The summed E-state index contributed by atoms with van der Waals surface area (Å²) < 4.78 is 0. The Labute approximate surface area is 183 Å². The van der Waals surface area contributed by atoms with Crippen LogP contribution >= 0.6 is 0 Å². The van der Waals surface area contributed by atoms with Crippen molar-refractivity contribution < 1.29 is 9.90 Å². The molecule has 29 heavy (non-hydrogen) atoms. The highest BCUT2D eigenvalue weighted by molar-refractivity contribution is 5.69. The van der Waals surface area contributed by atoms with Crippen LogP contribution in [0, 0.1) is 11.8 Å². The summed E-state index contributed by atoms with van der Waals surface area (Å²) in [6.07, 6.45) is 26.8. The van der Waals surface area contributed by atoms with Crippen LogP contribution < -0.4 is 0 Å². The fraction of sp³-hybridized carbons (Fsp3) is 0.963. The molecule has 0 aliphatic rings. The van der Waals surface area contributed by atoms with Gasteiger partial charge in [-0.25, -0.2) is 0 Å². The molecule has 0 bridgehead atoms. The molecule has 2 heteroatoms. The predicted molar refractivity (Wildman–Crippen MR) is 129 cm³/mol.